The summed E-state index contributed by atoms with van der Waals surface area (Å²) in [6, 6.07) is 0. The third-order valence-electron chi connectivity index (χ3n) is 3.24. The standard InChI is InChI=1S/C13H22N4S/c1-5-11-15-12(14)10(4)13(16-11)17-6-8(2)18-9(3)7-17/h8-9H,5-7H2,1-4H3,(H2,14,15,16). The van der Waals surface area contributed by atoms with Crippen molar-refractivity contribution in [2.45, 2.75) is 44.6 Å². The predicted octanol–water partition coefficient (Wildman–Crippen LogP) is 2.26. The zero-order chi connectivity index (χ0) is 13.3. The maximum absolute atomic E-state index is 5.99. The van der Waals surface area contributed by atoms with Crippen molar-refractivity contribution in [1.29, 1.82) is 0 Å². The molecule has 1 aromatic heterocycles. The fourth-order valence-electron chi connectivity index (χ4n) is 2.39. The van der Waals surface area contributed by atoms with Crippen LogP contribution < -0.4 is 10.6 Å². The number of aromatic nitrogens is 2. The molecule has 1 aliphatic rings. The van der Waals surface area contributed by atoms with Crippen molar-refractivity contribution < 1.29 is 0 Å². The third-order valence-corrected chi connectivity index (χ3v) is 4.47. The van der Waals surface area contributed by atoms with Crippen molar-refractivity contribution in [1.82, 2.24) is 9.97 Å². The van der Waals surface area contributed by atoms with E-state index in [0.717, 1.165) is 36.7 Å². The summed E-state index contributed by atoms with van der Waals surface area (Å²) in [6.07, 6.45) is 0.825. The molecule has 1 fully saturated rings. The van der Waals surface area contributed by atoms with Crippen molar-refractivity contribution in [3.05, 3.63) is 11.4 Å². The summed E-state index contributed by atoms with van der Waals surface area (Å²) in [5.74, 6) is 2.49. The average molecular weight is 266 g/mol. The molecule has 2 atom stereocenters. The predicted molar refractivity (Wildman–Crippen MR) is 79.3 cm³/mol. The number of hydrogen-bond acceptors (Lipinski definition) is 5. The van der Waals surface area contributed by atoms with Crippen LogP contribution in [0.1, 0.15) is 32.2 Å². The number of thioether (sulfide) groups is 1. The molecule has 1 saturated heterocycles. The Morgan fingerprint density at radius 1 is 1.28 bits per heavy atom. The largest absolute Gasteiger partial charge is 0.383 e. The number of nitrogens with two attached hydrogens (primary N) is 1. The first-order valence-electron chi connectivity index (χ1n) is 6.54. The number of hydrogen-bond donors (Lipinski definition) is 1. The van der Waals surface area contributed by atoms with Gasteiger partial charge >= 0.3 is 0 Å². The molecule has 100 valence electrons. The van der Waals surface area contributed by atoms with Crippen LogP contribution in [0.3, 0.4) is 0 Å². The Morgan fingerprint density at radius 3 is 2.44 bits per heavy atom. The summed E-state index contributed by atoms with van der Waals surface area (Å²) in [5, 5.41) is 1.27. The SMILES string of the molecule is CCc1nc(N)c(C)c(N2CC(C)SC(C)C2)n1. The van der Waals surface area contributed by atoms with Crippen molar-refractivity contribution in [3.63, 3.8) is 0 Å². The van der Waals surface area contributed by atoms with Gasteiger partial charge in [0.2, 0.25) is 0 Å². The van der Waals surface area contributed by atoms with Crippen LogP contribution in [0, 0.1) is 6.92 Å². The number of rotatable bonds is 2. The normalized spacial score (nSPS) is 24.3. The first-order chi connectivity index (χ1) is 8.51. The van der Waals surface area contributed by atoms with E-state index in [1.54, 1.807) is 0 Å². The van der Waals surface area contributed by atoms with E-state index in [2.05, 4.69) is 35.6 Å². The van der Waals surface area contributed by atoms with E-state index in [-0.39, 0.29) is 0 Å². The van der Waals surface area contributed by atoms with Gasteiger partial charge in [-0.2, -0.15) is 11.8 Å². The lowest BCUT2D eigenvalue weighted by Gasteiger charge is -2.36. The molecular formula is C13H22N4S. The van der Waals surface area contributed by atoms with Crippen LogP contribution >= 0.6 is 11.8 Å². The summed E-state index contributed by atoms with van der Waals surface area (Å²) in [7, 11) is 0. The van der Waals surface area contributed by atoms with Crippen molar-refractivity contribution in [2.75, 3.05) is 23.7 Å². The van der Waals surface area contributed by atoms with Gasteiger partial charge in [0.1, 0.15) is 17.5 Å². The van der Waals surface area contributed by atoms with E-state index in [1.165, 1.54) is 0 Å². The molecule has 2 unspecified atom stereocenters. The van der Waals surface area contributed by atoms with Gasteiger partial charge in [0, 0.05) is 35.6 Å². The second kappa shape index (κ2) is 5.34. The minimum absolute atomic E-state index is 0.621. The number of anilines is 2. The summed E-state index contributed by atoms with van der Waals surface area (Å²) >= 11 is 2.04. The minimum Gasteiger partial charge on any atom is -0.383 e. The molecular weight excluding hydrogens is 244 g/mol. The van der Waals surface area contributed by atoms with Gasteiger partial charge in [0.05, 0.1) is 0 Å². The third kappa shape index (κ3) is 2.71. The maximum atomic E-state index is 5.99. The molecule has 5 heteroatoms. The Morgan fingerprint density at radius 2 is 1.89 bits per heavy atom. The Labute approximate surface area is 113 Å². The zero-order valence-electron chi connectivity index (χ0n) is 11.6. The fourth-order valence-corrected chi connectivity index (χ4v) is 3.71. The molecule has 0 saturated carbocycles. The van der Waals surface area contributed by atoms with Crippen LogP contribution in [0.15, 0.2) is 0 Å². The monoisotopic (exact) mass is 266 g/mol. The minimum atomic E-state index is 0.621. The first kappa shape index (κ1) is 13.5. The lowest BCUT2D eigenvalue weighted by molar-refractivity contribution is 0.710. The molecule has 2 N–H and O–H groups in total. The van der Waals surface area contributed by atoms with Gasteiger partial charge in [0.15, 0.2) is 0 Å². The second-order valence-electron chi connectivity index (χ2n) is 4.99. The summed E-state index contributed by atoms with van der Waals surface area (Å²) in [6.45, 7) is 10.7. The van der Waals surface area contributed by atoms with E-state index < -0.39 is 0 Å². The van der Waals surface area contributed by atoms with Crippen LogP contribution in [0.5, 0.6) is 0 Å². The van der Waals surface area contributed by atoms with Crippen LogP contribution in [0.25, 0.3) is 0 Å². The molecule has 1 aromatic rings. The Bertz CT molecular complexity index is 425. The van der Waals surface area contributed by atoms with Gasteiger partial charge in [-0.3, -0.25) is 0 Å². The van der Waals surface area contributed by atoms with E-state index in [4.69, 9.17) is 5.73 Å². The highest BCUT2D eigenvalue weighted by Crippen LogP contribution is 2.30. The topological polar surface area (TPSA) is 55.0 Å². The van der Waals surface area contributed by atoms with Gasteiger partial charge in [-0.1, -0.05) is 20.8 Å². The smallest absolute Gasteiger partial charge is 0.137 e. The number of aryl methyl sites for hydroxylation is 1. The van der Waals surface area contributed by atoms with Crippen molar-refractivity contribution >= 4 is 23.4 Å². The van der Waals surface area contributed by atoms with Crippen LogP contribution in [-0.2, 0) is 6.42 Å². The second-order valence-corrected chi connectivity index (χ2v) is 6.87. The van der Waals surface area contributed by atoms with Gasteiger partial charge in [-0.25, -0.2) is 9.97 Å². The molecule has 0 bridgehead atoms. The van der Waals surface area contributed by atoms with Crippen LogP contribution in [0.4, 0.5) is 11.6 Å². The van der Waals surface area contributed by atoms with Crippen molar-refractivity contribution in [2.24, 2.45) is 0 Å². The first-order valence-corrected chi connectivity index (χ1v) is 7.49. The van der Waals surface area contributed by atoms with Gasteiger partial charge in [0.25, 0.3) is 0 Å². The fraction of sp³-hybridized carbons (Fsp3) is 0.692. The molecule has 2 heterocycles. The molecule has 18 heavy (non-hydrogen) atoms. The summed E-state index contributed by atoms with van der Waals surface area (Å²) < 4.78 is 0. The molecule has 1 aliphatic heterocycles. The lowest BCUT2D eigenvalue weighted by Crippen LogP contribution is -2.41. The molecule has 0 aliphatic carbocycles. The number of nitrogens with zero attached hydrogens (tertiary/aromatic N) is 3. The highest BCUT2D eigenvalue weighted by molar-refractivity contribution is 8.00. The molecule has 0 radical (unpaired) electrons. The zero-order valence-corrected chi connectivity index (χ0v) is 12.4. The highest BCUT2D eigenvalue weighted by atomic mass is 32.2. The van der Waals surface area contributed by atoms with Crippen LogP contribution in [0.2, 0.25) is 0 Å². The van der Waals surface area contributed by atoms with Gasteiger partial charge < -0.3 is 10.6 Å². The van der Waals surface area contributed by atoms with Crippen LogP contribution in [-0.4, -0.2) is 33.6 Å². The molecule has 0 spiro atoms. The Hall–Kier alpha value is -0.970. The molecule has 4 nitrogen and oxygen atoms in total. The van der Waals surface area contributed by atoms with Crippen molar-refractivity contribution in [3.8, 4) is 0 Å². The number of nitrogen functional groups attached to an aromatic ring is 1. The maximum Gasteiger partial charge on any atom is 0.137 e. The molecule has 0 aromatic carbocycles. The Kier molecular flexibility index (Phi) is 4.00. The summed E-state index contributed by atoms with van der Waals surface area (Å²) in [4.78, 5) is 11.3. The van der Waals surface area contributed by atoms with Gasteiger partial charge in [-0.15, -0.1) is 0 Å². The Balaban J connectivity index is 2.34. The molecule has 2 rings (SSSR count). The molecule has 0 amide bonds. The summed E-state index contributed by atoms with van der Waals surface area (Å²) in [5.41, 5.74) is 7.00. The van der Waals surface area contributed by atoms with E-state index >= 15 is 0 Å². The van der Waals surface area contributed by atoms with E-state index in [9.17, 15) is 0 Å². The van der Waals surface area contributed by atoms with Gasteiger partial charge in [-0.05, 0) is 6.92 Å². The van der Waals surface area contributed by atoms with E-state index in [1.807, 2.05) is 18.7 Å². The van der Waals surface area contributed by atoms with E-state index in [0.29, 0.717) is 16.3 Å². The average Bonchev–Trinajstić information content (AvgIpc) is 2.31. The highest BCUT2D eigenvalue weighted by Gasteiger charge is 2.25. The quantitative estimate of drug-likeness (QED) is 0.890. The lowest BCUT2D eigenvalue weighted by atomic mass is 10.2.